The first-order valence-corrected chi connectivity index (χ1v) is 6.07. The molecule has 1 aromatic heterocycles. The molecule has 0 fully saturated rings. The van der Waals surface area contributed by atoms with E-state index in [0.717, 1.165) is 17.1 Å². The van der Waals surface area contributed by atoms with Crippen molar-refractivity contribution < 1.29 is 4.74 Å². The van der Waals surface area contributed by atoms with Gasteiger partial charge in [0.2, 0.25) is 0 Å². The van der Waals surface area contributed by atoms with Crippen LogP contribution in [-0.2, 0) is 6.54 Å². The fourth-order valence-electron chi connectivity index (χ4n) is 1.93. The number of hydrogen-bond donors (Lipinski definition) is 2. The predicted molar refractivity (Wildman–Crippen MR) is 71.6 cm³/mol. The first kappa shape index (κ1) is 12.6. The highest BCUT2D eigenvalue weighted by molar-refractivity contribution is 5.39. The number of aromatic amines is 1. The smallest absolute Gasteiger partial charge is 0.123 e. The van der Waals surface area contributed by atoms with Crippen molar-refractivity contribution in [3.63, 3.8) is 0 Å². The van der Waals surface area contributed by atoms with E-state index in [-0.39, 0.29) is 6.04 Å². The Labute approximate surface area is 107 Å². The molecule has 0 saturated heterocycles. The Morgan fingerprint density at radius 1 is 1.44 bits per heavy atom. The molecular formula is C14H19N3O. The van der Waals surface area contributed by atoms with E-state index in [2.05, 4.69) is 47.3 Å². The van der Waals surface area contributed by atoms with Gasteiger partial charge in [0.1, 0.15) is 11.6 Å². The molecule has 4 nitrogen and oxygen atoms in total. The Balaban J connectivity index is 2.06. The molecule has 1 unspecified atom stereocenters. The number of nitrogens with one attached hydrogen (secondary N) is 2. The average molecular weight is 245 g/mol. The van der Waals surface area contributed by atoms with E-state index in [0.29, 0.717) is 6.54 Å². The number of hydrogen-bond acceptors (Lipinski definition) is 3. The summed E-state index contributed by atoms with van der Waals surface area (Å²) in [5, 5.41) is 3.42. The topological polar surface area (TPSA) is 49.9 Å². The normalized spacial score (nSPS) is 12.4. The van der Waals surface area contributed by atoms with Gasteiger partial charge in [-0.05, 0) is 25.5 Å². The Morgan fingerprint density at radius 3 is 2.94 bits per heavy atom. The second kappa shape index (κ2) is 5.69. The summed E-state index contributed by atoms with van der Waals surface area (Å²) in [4.78, 5) is 7.27. The van der Waals surface area contributed by atoms with Crippen LogP contribution in [0.1, 0.15) is 29.9 Å². The SMILES string of the molecule is COc1cc(C)ccc1C(C)NCc1ncc[nH]1. The minimum Gasteiger partial charge on any atom is -0.496 e. The zero-order valence-electron chi connectivity index (χ0n) is 11.0. The summed E-state index contributed by atoms with van der Waals surface area (Å²) in [6.45, 7) is 4.90. The highest BCUT2D eigenvalue weighted by atomic mass is 16.5. The van der Waals surface area contributed by atoms with Crippen molar-refractivity contribution in [1.29, 1.82) is 0 Å². The number of H-pyrrole nitrogens is 1. The van der Waals surface area contributed by atoms with Crippen LogP contribution < -0.4 is 10.1 Å². The summed E-state index contributed by atoms with van der Waals surface area (Å²) in [5.74, 6) is 1.86. The van der Waals surface area contributed by atoms with Gasteiger partial charge in [-0.2, -0.15) is 0 Å². The minimum absolute atomic E-state index is 0.214. The third-order valence-electron chi connectivity index (χ3n) is 2.99. The number of ether oxygens (including phenoxy) is 1. The molecule has 1 atom stereocenters. The molecule has 0 amide bonds. The molecule has 0 radical (unpaired) electrons. The van der Waals surface area contributed by atoms with Crippen LogP contribution in [0, 0.1) is 6.92 Å². The van der Waals surface area contributed by atoms with Crippen LogP contribution in [0.15, 0.2) is 30.6 Å². The maximum Gasteiger partial charge on any atom is 0.123 e. The summed E-state index contributed by atoms with van der Waals surface area (Å²) in [6.07, 6.45) is 3.59. The molecule has 2 N–H and O–H groups in total. The molecule has 2 rings (SSSR count). The molecule has 18 heavy (non-hydrogen) atoms. The standard InChI is InChI=1S/C14H19N3O/c1-10-4-5-12(13(8-10)18-3)11(2)17-9-14-15-6-7-16-14/h4-8,11,17H,9H2,1-3H3,(H,15,16). The lowest BCUT2D eigenvalue weighted by atomic mass is 10.0. The second-order valence-electron chi connectivity index (χ2n) is 4.38. The van der Waals surface area contributed by atoms with Gasteiger partial charge in [-0.25, -0.2) is 4.98 Å². The summed E-state index contributed by atoms with van der Waals surface area (Å²) >= 11 is 0. The van der Waals surface area contributed by atoms with E-state index >= 15 is 0 Å². The van der Waals surface area contributed by atoms with Crippen molar-refractivity contribution in [3.05, 3.63) is 47.5 Å². The molecule has 0 saturated carbocycles. The van der Waals surface area contributed by atoms with Crippen LogP contribution in [0.4, 0.5) is 0 Å². The molecule has 96 valence electrons. The number of nitrogens with zero attached hydrogens (tertiary/aromatic N) is 1. The summed E-state index contributed by atoms with van der Waals surface area (Å²) in [7, 11) is 1.71. The van der Waals surface area contributed by atoms with Crippen LogP contribution in [0.5, 0.6) is 5.75 Å². The third-order valence-corrected chi connectivity index (χ3v) is 2.99. The molecule has 4 heteroatoms. The summed E-state index contributed by atoms with van der Waals surface area (Å²) < 4.78 is 5.42. The Bertz CT molecular complexity index is 494. The molecule has 0 spiro atoms. The summed E-state index contributed by atoms with van der Waals surface area (Å²) in [6, 6.07) is 6.47. The fraction of sp³-hybridized carbons (Fsp3) is 0.357. The van der Waals surface area contributed by atoms with E-state index < -0.39 is 0 Å². The molecule has 0 bridgehead atoms. The summed E-state index contributed by atoms with van der Waals surface area (Å²) in [5.41, 5.74) is 2.36. The number of methoxy groups -OCH3 is 1. The van der Waals surface area contributed by atoms with Crippen molar-refractivity contribution >= 4 is 0 Å². The molecule has 0 aliphatic carbocycles. The first-order valence-electron chi connectivity index (χ1n) is 6.07. The van der Waals surface area contributed by atoms with E-state index in [9.17, 15) is 0 Å². The number of imidazole rings is 1. The minimum atomic E-state index is 0.214. The Morgan fingerprint density at radius 2 is 2.28 bits per heavy atom. The first-order chi connectivity index (χ1) is 8.70. The van der Waals surface area contributed by atoms with Crippen molar-refractivity contribution in [2.45, 2.75) is 26.4 Å². The fourth-order valence-corrected chi connectivity index (χ4v) is 1.93. The van der Waals surface area contributed by atoms with Crippen molar-refractivity contribution in [2.24, 2.45) is 0 Å². The van der Waals surface area contributed by atoms with Crippen LogP contribution in [-0.4, -0.2) is 17.1 Å². The largest absolute Gasteiger partial charge is 0.496 e. The lowest BCUT2D eigenvalue weighted by molar-refractivity contribution is 0.401. The van der Waals surface area contributed by atoms with Gasteiger partial charge in [0, 0.05) is 24.0 Å². The van der Waals surface area contributed by atoms with Gasteiger partial charge >= 0.3 is 0 Å². The molecular weight excluding hydrogens is 226 g/mol. The Hall–Kier alpha value is -1.81. The Kier molecular flexibility index (Phi) is 3.99. The quantitative estimate of drug-likeness (QED) is 0.851. The average Bonchev–Trinajstić information content (AvgIpc) is 2.88. The van der Waals surface area contributed by atoms with Crippen LogP contribution in [0.25, 0.3) is 0 Å². The third kappa shape index (κ3) is 2.90. The van der Waals surface area contributed by atoms with Crippen LogP contribution in [0.2, 0.25) is 0 Å². The molecule has 2 aromatic rings. The van der Waals surface area contributed by atoms with E-state index in [1.165, 1.54) is 5.56 Å². The highest BCUT2D eigenvalue weighted by Crippen LogP contribution is 2.26. The van der Waals surface area contributed by atoms with Gasteiger partial charge in [-0.15, -0.1) is 0 Å². The molecule has 0 aliphatic rings. The molecule has 0 aliphatic heterocycles. The number of benzene rings is 1. The van der Waals surface area contributed by atoms with E-state index in [4.69, 9.17) is 4.74 Å². The van der Waals surface area contributed by atoms with Crippen molar-refractivity contribution in [3.8, 4) is 5.75 Å². The van der Waals surface area contributed by atoms with Crippen molar-refractivity contribution in [1.82, 2.24) is 15.3 Å². The number of rotatable bonds is 5. The number of aromatic nitrogens is 2. The lowest BCUT2D eigenvalue weighted by Crippen LogP contribution is -2.19. The van der Waals surface area contributed by atoms with Gasteiger partial charge in [-0.1, -0.05) is 12.1 Å². The lowest BCUT2D eigenvalue weighted by Gasteiger charge is -2.17. The maximum atomic E-state index is 5.42. The van der Waals surface area contributed by atoms with Gasteiger partial charge in [0.15, 0.2) is 0 Å². The van der Waals surface area contributed by atoms with Gasteiger partial charge in [0.05, 0.1) is 13.7 Å². The monoisotopic (exact) mass is 245 g/mol. The van der Waals surface area contributed by atoms with Crippen LogP contribution >= 0.6 is 0 Å². The maximum absolute atomic E-state index is 5.42. The van der Waals surface area contributed by atoms with Gasteiger partial charge in [0.25, 0.3) is 0 Å². The highest BCUT2D eigenvalue weighted by Gasteiger charge is 2.11. The van der Waals surface area contributed by atoms with Crippen LogP contribution in [0.3, 0.4) is 0 Å². The predicted octanol–water partition coefficient (Wildman–Crippen LogP) is 2.58. The van der Waals surface area contributed by atoms with Gasteiger partial charge < -0.3 is 15.0 Å². The zero-order chi connectivity index (χ0) is 13.0. The second-order valence-corrected chi connectivity index (χ2v) is 4.38. The van der Waals surface area contributed by atoms with Crippen molar-refractivity contribution in [2.75, 3.05) is 7.11 Å². The van der Waals surface area contributed by atoms with E-state index in [1.807, 2.05) is 6.20 Å². The molecule has 1 aromatic carbocycles. The van der Waals surface area contributed by atoms with Gasteiger partial charge in [-0.3, -0.25) is 0 Å². The zero-order valence-corrected chi connectivity index (χ0v) is 11.0. The molecule has 1 heterocycles. The number of aryl methyl sites for hydroxylation is 1. The van der Waals surface area contributed by atoms with E-state index in [1.54, 1.807) is 13.3 Å².